The maximum absolute atomic E-state index is 12.5. The van der Waals surface area contributed by atoms with Gasteiger partial charge in [-0.1, -0.05) is 51.4 Å². The second-order valence-electron chi connectivity index (χ2n) is 8.45. The van der Waals surface area contributed by atoms with Gasteiger partial charge in [0, 0.05) is 33.9 Å². The van der Waals surface area contributed by atoms with Crippen molar-refractivity contribution < 1.29 is 19.5 Å². The minimum absolute atomic E-state index is 0.00650. The first-order valence-electron chi connectivity index (χ1n) is 11.4. The summed E-state index contributed by atoms with van der Waals surface area (Å²) in [7, 11) is 0. The van der Waals surface area contributed by atoms with Crippen LogP contribution in [-0.4, -0.2) is 51.4 Å². The van der Waals surface area contributed by atoms with E-state index in [1.165, 1.54) is 4.90 Å². The molecule has 0 aliphatic carbocycles. The molecule has 1 aromatic heterocycles. The van der Waals surface area contributed by atoms with Crippen LogP contribution in [0.2, 0.25) is 0 Å². The molecule has 4 aromatic rings. The van der Waals surface area contributed by atoms with E-state index in [4.69, 9.17) is 9.83 Å². The highest BCUT2D eigenvalue weighted by Gasteiger charge is 2.34. The number of imide groups is 1. The fraction of sp³-hybridized carbons (Fsp3) is 0.111. The summed E-state index contributed by atoms with van der Waals surface area (Å²) in [6.07, 6.45) is 0.418. The monoisotopic (exact) mass is 542 g/mol. The summed E-state index contributed by atoms with van der Waals surface area (Å²) in [4.78, 5) is 39.7. The first-order valence-corrected chi connectivity index (χ1v) is 12.2. The molecule has 2 amide bonds. The van der Waals surface area contributed by atoms with E-state index in [2.05, 4.69) is 26.1 Å². The molecule has 0 spiro atoms. The summed E-state index contributed by atoms with van der Waals surface area (Å²) in [5.74, 6) is -0.586. The largest absolute Gasteiger partial charge is 0.494 e. The Bertz CT molecular complexity index is 1590. The molecule has 6 rings (SSSR count). The molecule has 0 atom stereocenters. The lowest BCUT2D eigenvalue weighted by atomic mass is 10.0. The van der Waals surface area contributed by atoms with Gasteiger partial charge in [-0.3, -0.25) is 14.5 Å². The third-order valence-electron chi connectivity index (χ3n) is 6.24. The number of hydrogen-bond acceptors (Lipinski definition) is 6. The van der Waals surface area contributed by atoms with Gasteiger partial charge in [-0.05, 0) is 36.4 Å². The average Bonchev–Trinajstić information content (AvgIpc) is 3.48. The number of carbonyl (C=O) groups is 2. The molecule has 0 saturated heterocycles. The molecule has 36 heavy (non-hydrogen) atoms. The summed E-state index contributed by atoms with van der Waals surface area (Å²) in [5, 5.41) is 15.9. The van der Waals surface area contributed by atoms with Gasteiger partial charge in [0.2, 0.25) is 0 Å². The highest BCUT2D eigenvalue weighted by molar-refractivity contribution is 9.10. The predicted molar refractivity (Wildman–Crippen MR) is 139 cm³/mol. The molecule has 0 bridgehead atoms. The number of H-pyrrole nitrogens is 1. The van der Waals surface area contributed by atoms with E-state index in [1.54, 1.807) is 24.3 Å². The number of aromatic nitrogens is 1. The van der Waals surface area contributed by atoms with Crippen LogP contribution >= 0.6 is 15.9 Å². The number of para-hydroxylation sites is 1. The summed E-state index contributed by atoms with van der Waals surface area (Å²) < 4.78 is 0.870. The van der Waals surface area contributed by atoms with Crippen LogP contribution in [0.5, 0.6) is 5.88 Å². The van der Waals surface area contributed by atoms with Gasteiger partial charge >= 0.3 is 0 Å². The smallest absolute Gasteiger partial charge is 0.261 e. The van der Waals surface area contributed by atoms with Crippen molar-refractivity contribution in [3.8, 4) is 5.88 Å². The number of aromatic hydroxyl groups is 1. The van der Waals surface area contributed by atoms with E-state index in [9.17, 15) is 14.7 Å². The molecule has 8 nitrogen and oxygen atoms in total. The van der Waals surface area contributed by atoms with Crippen molar-refractivity contribution in [1.29, 1.82) is 0 Å². The Morgan fingerprint density at radius 2 is 1.67 bits per heavy atom. The van der Waals surface area contributed by atoms with Crippen LogP contribution in [0.15, 0.2) is 81.4 Å². The maximum atomic E-state index is 12.5. The standard InChI is InChI=1S/C27H19BrN4O4/c28-15-10-11-21-19(14-15)22(25(33)30-21)24-23(18-8-3-4-9-20(18)29-24)31-36-13-5-12-32-26(34)16-6-1-2-7-17(16)27(32)35/h1-4,6-11,14,30,33H,5,12-13H2. The molecule has 0 radical (unpaired) electrons. The topological polar surface area (TPSA) is 107 Å². The zero-order valence-corrected chi connectivity index (χ0v) is 20.4. The molecule has 0 fully saturated rings. The number of nitrogens with zero attached hydrogens (tertiary/aromatic N) is 3. The summed E-state index contributed by atoms with van der Waals surface area (Å²) in [6, 6.07) is 20.0. The Morgan fingerprint density at radius 3 is 2.42 bits per heavy atom. The number of rotatable bonds is 6. The number of aromatic amines is 1. The number of aliphatic imine (C=N–C) groups is 1. The van der Waals surface area contributed by atoms with E-state index < -0.39 is 0 Å². The number of carbonyl (C=O) groups excluding carboxylic acids is 2. The Labute approximate surface area is 214 Å². The van der Waals surface area contributed by atoms with E-state index in [1.807, 2.05) is 42.5 Å². The van der Waals surface area contributed by atoms with E-state index in [0.717, 1.165) is 26.6 Å². The highest BCUT2D eigenvalue weighted by Crippen LogP contribution is 2.36. The number of amides is 2. The van der Waals surface area contributed by atoms with Crippen molar-refractivity contribution in [3.05, 3.63) is 93.5 Å². The van der Waals surface area contributed by atoms with Gasteiger partial charge in [-0.15, -0.1) is 0 Å². The molecule has 178 valence electrons. The van der Waals surface area contributed by atoms with Crippen molar-refractivity contribution in [3.63, 3.8) is 0 Å². The lowest BCUT2D eigenvalue weighted by Gasteiger charge is -2.13. The van der Waals surface area contributed by atoms with Gasteiger partial charge in [-0.25, -0.2) is 4.99 Å². The minimum atomic E-state index is -0.290. The van der Waals surface area contributed by atoms with Crippen LogP contribution in [-0.2, 0) is 4.84 Å². The van der Waals surface area contributed by atoms with E-state index in [0.29, 0.717) is 34.5 Å². The van der Waals surface area contributed by atoms with Crippen LogP contribution in [0.1, 0.15) is 38.3 Å². The van der Waals surface area contributed by atoms with Gasteiger partial charge in [0.05, 0.1) is 22.4 Å². The van der Waals surface area contributed by atoms with Gasteiger partial charge in [0.1, 0.15) is 18.0 Å². The number of hydrogen-bond donors (Lipinski definition) is 2. The van der Waals surface area contributed by atoms with Gasteiger partial charge in [-0.2, -0.15) is 0 Å². The van der Waals surface area contributed by atoms with Crippen LogP contribution < -0.4 is 0 Å². The van der Waals surface area contributed by atoms with Gasteiger partial charge < -0.3 is 14.9 Å². The highest BCUT2D eigenvalue weighted by atomic mass is 79.9. The molecule has 2 N–H and O–H groups in total. The zero-order valence-electron chi connectivity index (χ0n) is 18.9. The molecular weight excluding hydrogens is 524 g/mol. The lowest BCUT2D eigenvalue weighted by molar-refractivity contribution is 0.0628. The molecule has 3 heterocycles. The molecule has 0 unspecified atom stereocenters. The van der Waals surface area contributed by atoms with Crippen molar-refractivity contribution in [2.75, 3.05) is 13.2 Å². The molecule has 9 heteroatoms. The van der Waals surface area contributed by atoms with Crippen LogP contribution in [0.3, 0.4) is 0 Å². The quantitative estimate of drug-likeness (QED) is 0.199. The van der Waals surface area contributed by atoms with Crippen LogP contribution in [0.4, 0.5) is 5.69 Å². The lowest BCUT2D eigenvalue weighted by Crippen LogP contribution is -2.31. The number of nitrogens with one attached hydrogen (secondary N) is 1. The Balaban J connectivity index is 1.22. The van der Waals surface area contributed by atoms with Crippen LogP contribution in [0, 0.1) is 0 Å². The first-order chi connectivity index (χ1) is 17.5. The molecule has 2 aliphatic rings. The van der Waals surface area contributed by atoms with Gasteiger partial charge in [0.15, 0.2) is 5.88 Å². The van der Waals surface area contributed by atoms with Crippen molar-refractivity contribution in [2.24, 2.45) is 10.1 Å². The van der Waals surface area contributed by atoms with Gasteiger partial charge in [0.25, 0.3) is 11.8 Å². The first kappa shape index (κ1) is 22.2. The average molecular weight is 543 g/mol. The number of halogens is 1. The van der Waals surface area contributed by atoms with Crippen molar-refractivity contribution >= 4 is 55.8 Å². The Kier molecular flexibility index (Phi) is 5.41. The number of oxime groups is 1. The third kappa shape index (κ3) is 3.59. The second kappa shape index (κ2) is 8.76. The number of fused-ring (bicyclic) bond motifs is 3. The van der Waals surface area contributed by atoms with Crippen LogP contribution in [0.25, 0.3) is 10.9 Å². The minimum Gasteiger partial charge on any atom is -0.494 e. The predicted octanol–water partition coefficient (Wildman–Crippen LogP) is 5.18. The summed E-state index contributed by atoms with van der Waals surface area (Å²) >= 11 is 3.49. The third-order valence-corrected chi connectivity index (χ3v) is 6.74. The van der Waals surface area contributed by atoms with E-state index in [-0.39, 0.29) is 30.8 Å². The summed E-state index contributed by atoms with van der Waals surface area (Å²) in [6.45, 7) is 0.420. The molecule has 3 aromatic carbocycles. The Hall–Kier alpha value is -4.24. The maximum Gasteiger partial charge on any atom is 0.261 e. The number of benzene rings is 3. The summed E-state index contributed by atoms with van der Waals surface area (Å²) in [5.41, 5.74) is 4.68. The fourth-order valence-electron chi connectivity index (χ4n) is 4.57. The second-order valence-corrected chi connectivity index (χ2v) is 9.37. The zero-order chi connectivity index (χ0) is 24.8. The van der Waals surface area contributed by atoms with Crippen molar-refractivity contribution in [2.45, 2.75) is 6.42 Å². The normalized spacial score (nSPS) is 15.5. The molecule has 0 saturated carbocycles. The Morgan fingerprint density at radius 1 is 0.972 bits per heavy atom. The van der Waals surface area contributed by atoms with Crippen molar-refractivity contribution in [1.82, 2.24) is 9.88 Å². The van der Waals surface area contributed by atoms with E-state index >= 15 is 0 Å². The molecule has 2 aliphatic heterocycles. The molecular formula is C27H19BrN4O4. The fourth-order valence-corrected chi connectivity index (χ4v) is 4.93. The SMILES string of the molecule is O=C1c2ccccc2C(=O)N1CCCON=C1C(c2c(O)[nH]c3ccc(Br)cc23)=Nc2ccccc21.